The van der Waals surface area contributed by atoms with E-state index >= 15 is 0 Å². The molecular weight excluding hydrogens is 286 g/mol. The minimum Gasteiger partial charge on any atom is -0.447 e. The normalized spacial score (nSPS) is 16.2. The fourth-order valence-electron chi connectivity index (χ4n) is 2.30. The first-order valence-electron chi connectivity index (χ1n) is 7.21. The van der Waals surface area contributed by atoms with Crippen molar-refractivity contribution < 1.29 is 14.3 Å². The predicted molar refractivity (Wildman–Crippen MR) is 83.5 cm³/mol. The van der Waals surface area contributed by atoms with Crippen LogP contribution < -0.4 is 0 Å². The van der Waals surface area contributed by atoms with Crippen LogP contribution in [-0.4, -0.2) is 35.3 Å². The van der Waals surface area contributed by atoms with Crippen LogP contribution in [-0.2, 0) is 9.53 Å². The first-order chi connectivity index (χ1) is 9.99. The molecule has 1 heterocycles. The quantitative estimate of drug-likeness (QED) is 0.779. The average molecular weight is 307 g/mol. The van der Waals surface area contributed by atoms with Crippen molar-refractivity contribution >= 4 is 23.8 Å². The molecule has 2 rings (SSSR count). The SMILES string of the molecule is CC(C)c1ccccc1S[C@@H](C)CC(=O)N1CCOC1=O. The van der Waals surface area contributed by atoms with Crippen molar-refractivity contribution in [2.45, 2.75) is 43.3 Å². The van der Waals surface area contributed by atoms with Crippen LogP contribution in [0.5, 0.6) is 0 Å². The molecule has 1 saturated heterocycles. The van der Waals surface area contributed by atoms with E-state index in [1.54, 1.807) is 11.8 Å². The zero-order chi connectivity index (χ0) is 15.4. The zero-order valence-electron chi connectivity index (χ0n) is 12.7. The Morgan fingerprint density at radius 1 is 1.33 bits per heavy atom. The van der Waals surface area contributed by atoms with Crippen molar-refractivity contribution in [3.63, 3.8) is 0 Å². The monoisotopic (exact) mass is 307 g/mol. The molecule has 1 aromatic rings. The molecule has 0 radical (unpaired) electrons. The molecule has 0 aliphatic carbocycles. The Balaban J connectivity index is 1.97. The molecular formula is C16H21NO3S. The molecule has 1 fully saturated rings. The van der Waals surface area contributed by atoms with Gasteiger partial charge in [0.15, 0.2) is 0 Å². The van der Waals surface area contributed by atoms with Gasteiger partial charge >= 0.3 is 6.09 Å². The smallest absolute Gasteiger partial charge is 0.416 e. The third-order valence-electron chi connectivity index (χ3n) is 3.39. The standard InChI is InChI=1S/C16H21NO3S/c1-11(2)13-6-4-5-7-14(13)21-12(3)10-15(18)17-8-9-20-16(17)19/h4-7,11-12H,8-10H2,1-3H3/t12-/m0/s1. The molecule has 21 heavy (non-hydrogen) atoms. The Kier molecular flexibility index (Phi) is 5.28. The summed E-state index contributed by atoms with van der Waals surface area (Å²) in [5.74, 6) is 0.296. The number of benzene rings is 1. The van der Waals surface area contributed by atoms with E-state index in [4.69, 9.17) is 4.74 Å². The minimum absolute atomic E-state index is 0.116. The summed E-state index contributed by atoms with van der Waals surface area (Å²) in [5, 5.41) is 0.116. The van der Waals surface area contributed by atoms with Crippen molar-refractivity contribution in [1.82, 2.24) is 4.90 Å². The zero-order valence-corrected chi connectivity index (χ0v) is 13.5. The summed E-state index contributed by atoms with van der Waals surface area (Å²) in [6, 6.07) is 8.26. The molecule has 1 aliphatic heterocycles. The van der Waals surface area contributed by atoms with E-state index in [-0.39, 0.29) is 11.2 Å². The fourth-order valence-corrected chi connectivity index (χ4v) is 3.56. The van der Waals surface area contributed by atoms with Crippen molar-refractivity contribution in [2.75, 3.05) is 13.2 Å². The summed E-state index contributed by atoms with van der Waals surface area (Å²) < 4.78 is 4.80. The molecule has 1 aromatic carbocycles. The molecule has 0 bridgehead atoms. The van der Waals surface area contributed by atoms with E-state index in [2.05, 4.69) is 26.0 Å². The van der Waals surface area contributed by atoms with Gasteiger partial charge in [-0.05, 0) is 17.5 Å². The van der Waals surface area contributed by atoms with Gasteiger partial charge in [0.2, 0.25) is 5.91 Å². The van der Waals surface area contributed by atoms with Gasteiger partial charge in [0.1, 0.15) is 6.61 Å². The van der Waals surface area contributed by atoms with Crippen LogP contribution in [0.1, 0.15) is 38.7 Å². The Morgan fingerprint density at radius 2 is 2.05 bits per heavy atom. The van der Waals surface area contributed by atoms with Crippen LogP contribution in [0.4, 0.5) is 4.79 Å². The summed E-state index contributed by atoms with van der Waals surface area (Å²) >= 11 is 1.69. The number of hydrogen-bond donors (Lipinski definition) is 0. The van der Waals surface area contributed by atoms with Gasteiger partial charge in [-0.1, -0.05) is 39.0 Å². The molecule has 1 atom stereocenters. The average Bonchev–Trinajstić information content (AvgIpc) is 2.85. The predicted octanol–water partition coefficient (Wildman–Crippen LogP) is 3.66. The molecule has 1 aliphatic rings. The number of amides is 2. The van der Waals surface area contributed by atoms with Gasteiger partial charge in [-0.15, -0.1) is 11.8 Å². The Hall–Kier alpha value is -1.49. The van der Waals surface area contributed by atoms with Crippen molar-refractivity contribution in [3.8, 4) is 0 Å². The van der Waals surface area contributed by atoms with E-state index in [1.807, 2.05) is 19.1 Å². The molecule has 0 unspecified atom stereocenters. The van der Waals surface area contributed by atoms with Gasteiger partial charge in [0.25, 0.3) is 0 Å². The number of cyclic esters (lactones) is 1. The lowest BCUT2D eigenvalue weighted by molar-refractivity contribution is -0.127. The Bertz CT molecular complexity index is 530. The van der Waals surface area contributed by atoms with Crippen LogP contribution in [0.25, 0.3) is 0 Å². The maximum Gasteiger partial charge on any atom is 0.416 e. The number of thioether (sulfide) groups is 1. The lowest BCUT2D eigenvalue weighted by atomic mass is 10.0. The van der Waals surface area contributed by atoms with Crippen LogP contribution in [0.3, 0.4) is 0 Å². The van der Waals surface area contributed by atoms with Crippen LogP contribution >= 0.6 is 11.8 Å². The number of imide groups is 1. The summed E-state index contributed by atoms with van der Waals surface area (Å²) in [6.07, 6.45) is -0.175. The second-order valence-electron chi connectivity index (χ2n) is 5.48. The number of carbonyl (C=O) groups is 2. The fraction of sp³-hybridized carbons (Fsp3) is 0.500. The highest BCUT2D eigenvalue weighted by Gasteiger charge is 2.29. The largest absolute Gasteiger partial charge is 0.447 e. The van der Waals surface area contributed by atoms with Gasteiger partial charge < -0.3 is 4.74 Å². The third kappa shape index (κ3) is 4.00. The number of rotatable bonds is 5. The van der Waals surface area contributed by atoms with Crippen molar-refractivity contribution in [1.29, 1.82) is 0 Å². The maximum atomic E-state index is 12.1. The van der Waals surface area contributed by atoms with E-state index in [1.165, 1.54) is 15.4 Å². The van der Waals surface area contributed by atoms with E-state index in [9.17, 15) is 9.59 Å². The highest BCUT2D eigenvalue weighted by atomic mass is 32.2. The molecule has 0 spiro atoms. The van der Waals surface area contributed by atoms with Gasteiger partial charge in [0.05, 0.1) is 6.54 Å². The molecule has 4 nitrogen and oxygen atoms in total. The summed E-state index contributed by atoms with van der Waals surface area (Å²) in [6.45, 7) is 7.02. The van der Waals surface area contributed by atoms with E-state index < -0.39 is 6.09 Å². The van der Waals surface area contributed by atoms with Gasteiger partial charge in [-0.2, -0.15) is 0 Å². The number of carbonyl (C=O) groups excluding carboxylic acids is 2. The minimum atomic E-state index is -0.514. The first-order valence-corrected chi connectivity index (χ1v) is 8.09. The topological polar surface area (TPSA) is 46.6 Å². The molecule has 0 N–H and O–H groups in total. The lowest BCUT2D eigenvalue weighted by Gasteiger charge is -2.17. The van der Waals surface area contributed by atoms with E-state index in [0.29, 0.717) is 25.5 Å². The number of nitrogens with zero attached hydrogens (tertiary/aromatic N) is 1. The van der Waals surface area contributed by atoms with Crippen LogP contribution in [0.15, 0.2) is 29.2 Å². The number of ether oxygens (including phenoxy) is 1. The highest BCUT2D eigenvalue weighted by molar-refractivity contribution is 8.00. The molecule has 0 aromatic heterocycles. The van der Waals surface area contributed by atoms with Crippen LogP contribution in [0.2, 0.25) is 0 Å². The van der Waals surface area contributed by atoms with Crippen molar-refractivity contribution in [2.24, 2.45) is 0 Å². The second-order valence-corrected chi connectivity index (χ2v) is 6.97. The van der Waals surface area contributed by atoms with Gasteiger partial charge in [-0.25, -0.2) is 9.69 Å². The van der Waals surface area contributed by atoms with Crippen molar-refractivity contribution in [3.05, 3.63) is 29.8 Å². The third-order valence-corrected chi connectivity index (χ3v) is 4.59. The van der Waals surface area contributed by atoms with Crippen LogP contribution in [0, 0.1) is 0 Å². The van der Waals surface area contributed by atoms with Gasteiger partial charge in [-0.3, -0.25) is 4.79 Å². The van der Waals surface area contributed by atoms with E-state index in [0.717, 1.165) is 0 Å². The lowest BCUT2D eigenvalue weighted by Crippen LogP contribution is -2.33. The molecule has 114 valence electrons. The second kappa shape index (κ2) is 6.98. The summed E-state index contributed by atoms with van der Waals surface area (Å²) in [7, 11) is 0. The number of hydrogen-bond acceptors (Lipinski definition) is 4. The summed E-state index contributed by atoms with van der Waals surface area (Å²) in [4.78, 5) is 25.9. The van der Waals surface area contributed by atoms with Gasteiger partial charge in [0, 0.05) is 16.6 Å². The Morgan fingerprint density at radius 3 is 2.67 bits per heavy atom. The highest BCUT2D eigenvalue weighted by Crippen LogP contribution is 2.32. The maximum absolute atomic E-state index is 12.1. The summed E-state index contributed by atoms with van der Waals surface area (Å²) in [5.41, 5.74) is 1.29. The molecule has 0 saturated carbocycles. The Labute approximate surface area is 129 Å². The molecule has 2 amide bonds. The first kappa shape index (κ1) is 15.9. The molecule has 5 heteroatoms.